The third-order valence-corrected chi connectivity index (χ3v) is 9.11. The van der Waals surface area contributed by atoms with Gasteiger partial charge in [-0.15, -0.1) is 0 Å². The molecule has 0 aromatic heterocycles. The average Bonchev–Trinajstić information content (AvgIpc) is 3.42. The van der Waals surface area contributed by atoms with Crippen molar-refractivity contribution in [2.75, 3.05) is 24.4 Å². The summed E-state index contributed by atoms with van der Waals surface area (Å²) in [6.07, 6.45) is 0.837. The molecule has 0 amide bonds. The molecular weight excluding hydrogens is 516 g/mol. The summed E-state index contributed by atoms with van der Waals surface area (Å²) in [6.45, 7) is 3.78. The van der Waals surface area contributed by atoms with E-state index in [4.69, 9.17) is 9.47 Å². The van der Waals surface area contributed by atoms with Crippen LogP contribution in [0.5, 0.6) is 0 Å². The Hall–Kier alpha value is -2.79. The van der Waals surface area contributed by atoms with E-state index in [1.165, 1.54) is 0 Å². The van der Waals surface area contributed by atoms with Crippen molar-refractivity contribution in [1.82, 2.24) is 4.90 Å². The predicted octanol–water partition coefficient (Wildman–Crippen LogP) is 4.23. The largest absolute Gasteiger partial charge is 0.395 e. The SMILES string of the molecule is C[C@H]1[C@@H](CN2CCC[C@H]2CO)O[C@@H](c2cccc(NS(=O)(=O)c3ccccc3)c2)O[C@H]1c1ccc(CO)cc1. The van der Waals surface area contributed by atoms with E-state index in [1.54, 1.807) is 48.5 Å². The lowest BCUT2D eigenvalue weighted by Gasteiger charge is -2.43. The second-order valence-electron chi connectivity index (χ2n) is 10.3. The van der Waals surface area contributed by atoms with Gasteiger partial charge in [-0.25, -0.2) is 8.42 Å². The Bertz CT molecular complexity index is 1340. The molecular formula is C30H36N2O6S. The van der Waals surface area contributed by atoms with Gasteiger partial charge in [0.25, 0.3) is 10.0 Å². The standard InChI is InChI=1S/C30H36N2O6S/c1-21-28(18-32-16-6-9-26(32)20-34)37-30(38-29(21)23-14-12-22(19-33)13-15-23)24-7-5-8-25(17-24)31-39(35,36)27-10-3-2-4-11-27/h2-5,7-8,10-15,17,21,26,28-31,33-34H,6,9,16,18-20H2,1H3/t21-,26-,28+,29+,30+/m0/s1. The molecule has 2 saturated heterocycles. The second kappa shape index (κ2) is 12.2. The number of benzene rings is 3. The lowest BCUT2D eigenvalue weighted by molar-refractivity contribution is -0.276. The van der Waals surface area contributed by atoms with E-state index in [9.17, 15) is 18.6 Å². The van der Waals surface area contributed by atoms with Crippen LogP contribution in [0.1, 0.15) is 48.8 Å². The van der Waals surface area contributed by atoms with Crippen LogP contribution < -0.4 is 4.72 Å². The van der Waals surface area contributed by atoms with Crippen molar-refractivity contribution >= 4 is 15.7 Å². The van der Waals surface area contributed by atoms with Crippen molar-refractivity contribution < 1.29 is 28.1 Å². The molecule has 5 atom stereocenters. The molecule has 2 aliphatic heterocycles. The van der Waals surface area contributed by atoms with Gasteiger partial charge in [0, 0.05) is 29.8 Å². The number of ether oxygens (including phenoxy) is 2. The van der Waals surface area contributed by atoms with Crippen LogP contribution in [0.25, 0.3) is 0 Å². The minimum absolute atomic E-state index is 0.0148. The maximum Gasteiger partial charge on any atom is 0.261 e. The molecule has 0 saturated carbocycles. The Morgan fingerprint density at radius 3 is 2.44 bits per heavy atom. The van der Waals surface area contributed by atoms with E-state index >= 15 is 0 Å². The first-order valence-electron chi connectivity index (χ1n) is 13.4. The number of aliphatic hydroxyl groups is 2. The van der Waals surface area contributed by atoms with E-state index in [-0.39, 0.29) is 42.3 Å². The van der Waals surface area contributed by atoms with E-state index < -0.39 is 16.3 Å². The molecule has 0 aliphatic carbocycles. The summed E-state index contributed by atoms with van der Waals surface area (Å²) in [5.74, 6) is 0.0148. The highest BCUT2D eigenvalue weighted by Gasteiger charge is 2.40. The summed E-state index contributed by atoms with van der Waals surface area (Å²) in [6, 6.07) is 23.2. The fourth-order valence-electron chi connectivity index (χ4n) is 5.46. The Balaban J connectivity index is 1.42. The maximum atomic E-state index is 12.9. The first kappa shape index (κ1) is 27.8. The number of hydrogen-bond donors (Lipinski definition) is 3. The highest BCUT2D eigenvalue weighted by atomic mass is 32.2. The van der Waals surface area contributed by atoms with Crippen molar-refractivity contribution in [2.45, 2.75) is 55.8 Å². The molecule has 3 aromatic carbocycles. The van der Waals surface area contributed by atoms with Gasteiger partial charge >= 0.3 is 0 Å². The molecule has 0 radical (unpaired) electrons. The summed E-state index contributed by atoms with van der Waals surface area (Å²) in [4.78, 5) is 2.48. The summed E-state index contributed by atoms with van der Waals surface area (Å²) >= 11 is 0. The number of hydrogen-bond acceptors (Lipinski definition) is 7. The Kier molecular flexibility index (Phi) is 8.66. The Morgan fingerprint density at radius 2 is 1.72 bits per heavy atom. The van der Waals surface area contributed by atoms with Gasteiger partial charge in [0.05, 0.1) is 30.3 Å². The number of likely N-dealkylation sites (tertiary alicyclic amines) is 1. The van der Waals surface area contributed by atoms with E-state index in [2.05, 4.69) is 16.5 Å². The zero-order chi connectivity index (χ0) is 27.4. The van der Waals surface area contributed by atoms with Gasteiger partial charge in [0.1, 0.15) is 0 Å². The van der Waals surface area contributed by atoms with Gasteiger partial charge in [-0.3, -0.25) is 9.62 Å². The smallest absolute Gasteiger partial charge is 0.261 e. The normalized spacial score (nSPS) is 26.0. The van der Waals surface area contributed by atoms with Gasteiger partial charge < -0.3 is 19.7 Å². The van der Waals surface area contributed by atoms with Crippen LogP contribution in [-0.4, -0.2) is 55.4 Å². The third kappa shape index (κ3) is 6.35. The molecule has 3 aromatic rings. The molecule has 2 aliphatic rings. The lowest BCUT2D eigenvalue weighted by Crippen LogP contribution is -2.46. The molecule has 0 spiro atoms. The number of nitrogens with one attached hydrogen (secondary N) is 1. The third-order valence-electron chi connectivity index (χ3n) is 7.71. The summed E-state index contributed by atoms with van der Waals surface area (Å²) in [5.41, 5.74) is 2.94. The number of nitrogens with zero attached hydrogens (tertiary/aromatic N) is 1. The zero-order valence-corrected chi connectivity index (χ0v) is 22.8. The van der Waals surface area contributed by atoms with E-state index in [0.29, 0.717) is 17.8 Å². The fourth-order valence-corrected chi connectivity index (χ4v) is 6.53. The van der Waals surface area contributed by atoms with Gasteiger partial charge in [-0.05, 0) is 54.8 Å². The lowest BCUT2D eigenvalue weighted by atomic mass is 9.90. The number of rotatable bonds is 9. The minimum atomic E-state index is -3.75. The highest BCUT2D eigenvalue weighted by Crippen LogP contribution is 2.42. The topological polar surface area (TPSA) is 108 Å². The Morgan fingerprint density at radius 1 is 0.949 bits per heavy atom. The Labute approximate surface area is 230 Å². The minimum Gasteiger partial charge on any atom is -0.395 e. The van der Waals surface area contributed by atoms with Gasteiger partial charge in [0.15, 0.2) is 6.29 Å². The first-order valence-corrected chi connectivity index (χ1v) is 14.9. The number of anilines is 1. The molecule has 3 N–H and O–H groups in total. The van der Waals surface area contributed by atoms with Crippen LogP contribution in [0.3, 0.4) is 0 Å². The number of sulfonamides is 1. The maximum absolute atomic E-state index is 12.9. The summed E-state index contributed by atoms with van der Waals surface area (Å²) < 4.78 is 41.6. The van der Waals surface area contributed by atoms with E-state index in [1.807, 2.05) is 30.3 Å². The quantitative estimate of drug-likeness (QED) is 0.365. The summed E-state index contributed by atoms with van der Waals surface area (Å²) in [5, 5.41) is 19.3. The van der Waals surface area contributed by atoms with Gasteiger partial charge in [-0.2, -0.15) is 0 Å². The van der Waals surface area contributed by atoms with Crippen molar-refractivity contribution in [3.05, 3.63) is 95.6 Å². The molecule has 0 bridgehead atoms. The molecule has 2 heterocycles. The molecule has 39 heavy (non-hydrogen) atoms. The molecule has 0 unspecified atom stereocenters. The van der Waals surface area contributed by atoms with Crippen molar-refractivity contribution in [2.24, 2.45) is 5.92 Å². The van der Waals surface area contributed by atoms with Gasteiger partial charge in [0.2, 0.25) is 0 Å². The second-order valence-corrected chi connectivity index (χ2v) is 12.0. The molecule has 8 nitrogen and oxygen atoms in total. The monoisotopic (exact) mass is 552 g/mol. The van der Waals surface area contributed by atoms with Crippen molar-refractivity contribution in [1.29, 1.82) is 0 Å². The van der Waals surface area contributed by atoms with Crippen LogP contribution in [0.2, 0.25) is 0 Å². The van der Waals surface area contributed by atoms with Crippen molar-refractivity contribution in [3.63, 3.8) is 0 Å². The van der Waals surface area contributed by atoms with Crippen LogP contribution in [0.4, 0.5) is 5.69 Å². The van der Waals surface area contributed by atoms with Crippen LogP contribution in [0.15, 0.2) is 83.8 Å². The van der Waals surface area contributed by atoms with Crippen molar-refractivity contribution in [3.8, 4) is 0 Å². The number of aliphatic hydroxyl groups excluding tert-OH is 2. The molecule has 5 rings (SSSR count). The van der Waals surface area contributed by atoms with Crippen LogP contribution >= 0.6 is 0 Å². The van der Waals surface area contributed by atoms with Crippen LogP contribution in [0, 0.1) is 5.92 Å². The zero-order valence-electron chi connectivity index (χ0n) is 22.0. The van der Waals surface area contributed by atoms with E-state index in [0.717, 1.165) is 30.5 Å². The average molecular weight is 553 g/mol. The first-order chi connectivity index (χ1) is 18.9. The van der Waals surface area contributed by atoms with Gasteiger partial charge in [-0.1, -0.05) is 61.5 Å². The highest BCUT2D eigenvalue weighted by molar-refractivity contribution is 7.92. The molecule has 2 fully saturated rings. The molecule has 208 valence electrons. The predicted molar refractivity (Wildman–Crippen MR) is 148 cm³/mol. The fraction of sp³-hybridized carbons (Fsp3) is 0.400. The summed E-state index contributed by atoms with van der Waals surface area (Å²) in [7, 11) is -3.75. The molecule has 9 heteroatoms. The van der Waals surface area contributed by atoms with Crippen LogP contribution in [-0.2, 0) is 26.1 Å².